The summed E-state index contributed by atoms with van der Waals surface area (Å²) in [6.45, 7) is 0.713. The lowest BCUT2D eigenvalue weighted by atomic mass is 10.1. The largest absolute Gasteiger partial charge is 0.497 e. The van der Waals surface area contributed by atoms with Crippen LogP contribution in [-0.4, -0.2) is 35.5 Å². The zero-order chi connectivity index (χ0) is 13.1. The van der Waals surface area contributed by atoms with Gasteiger partial charge in [-0.3, -0.25) is 9.59 Å². The molecule has 1 unspecified atom stereocenters. The highest BCUT2D eigenvalue weighted by Crippen LogP contribution is 2.21. The third-order valence-electron chi connectivity index (χ3n) is 3.07. The number of carboxylic acid groups (broad SMARTS) is 1. The highest BCUT2D eigenvalue weighted by Gasteiger charge is 2.33. The molecule has 0 spiro atoms. The average molecular weight is 249 g/mol. The molecule has 1 atom stereocenters. The zero-order valence-corrected chi connectivity index (χ0v) is 10.1. The van der Waals surface area contributed by atoms with Gasteiger partial charge in [0.1, 0.15) is 5.75 Å². The minimum Gasteiger partial charge on any atom is -0.497 e. The fourth-order valence-electron chi connectivity index (χ4n) is 2.08. The molecule has 1 fully saturated rings. The average Bonchev–Trinajstić information content (AvgIpc) is 2.71. The second kappa shape index (κ2) is 5.08. The first kappa shape index (κ1) is 12.4. The van der Waals surface area contributed by atoms with Crippen molar-refractivity contribution in [2.45, 2.75) is 13.0 Å². The standard InChI is InChI=1S/C13H15NO4/c1-18-11-4-2-3-9(5-11)7-14-8-10(13(16)17)6-12(14)15/h2-5,10H,6-8H2,1H3,(H,16,17). The Balaban J connectivity index is 2.05. The highest BCUT2D eigenvalue weighted by atomic mass is 16.5. The highest BCUT2D eigenvalue weighted by molar-refractivity contribution is 5.86. The first-order chi connectivity index (χ1) is 8.60. The van der Waals surface area contributed by atoms with Crippen molar-refractivity contribution in [3.8, 4) is 5.75 Å². The first-order valence-electron chi connectivity index (χ1n) is 5.73. The van der Waals surface area contributed by atoms with E-state index in [-0.39, 0.29) is 18.9 Å². The molecule has 5 nitrogen and oxygen atoms in total. The van der Waals surface area contributed by atoms with Crippen molar-refractivity contribution in [3.05, 3.63) is 29.8 Å². The summed E-state index contributed by atoms with van der Waals surface area (Å²) in [5, 5.41) is 8.90. The van der Waals surface area contributed by atoms with Crippen LogP contribution in [0, 0.1) is 5.92 Å². The smallest absolute Gasteiger partial charge is 0.308 e. The van der Waals surface area contributed by atoms with E-state index >= 15 is 0 Å². The maximum absolute atomic E-state index is 11.7. The summed E-state index contributed by atoms with van der Waals surface area (Å²) in [4.78, 5) is 24.1. The number of carbonyl (C=O) groups excluding carboxylic acids is 1. The second-order valence-corrected chi connectivity index (χ2v) is 4.37. The molecule has 96 valence electrons. The zero-order valence-electron chi connectivity index (χ0n) is 10.1. The van der Waals surface area contributed by atoms with Crippen LogP contribution < -0.4 is 4.74 Å². The minimum absolute atomic E-state index is 0.0965. The molecule has 0 bridgehead atoms. The van der Waals surface area contributed by atoms with Gasteiger partial charge < -0.3 is 14.7 Å². The van der Waals surface area contributed by atoms with E-state index in [1.807, 2.05) is 24.3 Å². The van der Waals surface area contributed by atoms with Gasteiger partial charge in [-0.2, -0.15) is 0 Å². The van der Waals surface area contributed by atoms with Crippen LogP contribution >= 0.6 is 0 Å². The molecule has 1 aromatic carbocycles. The van der Waals surface area contributed by atoms with Gasteiger partial charge in [0.05, 0.1) is 13.0 Å². The number of aliphatic carboxylic acids is 1. The monoisotopic (exact) mass is 249 g/mol. The predicted octanol–water partition coefficient (Wildman–Crippen LogP) is 1.13. The van der Waals surface area contributed by atoms with Gasteiger partial charge in [-0.15, -0.1) is 0 Å². The predicted molar refractivity (Wildman–Crippen MR) is 64.2 cm³/mol. The minimum atomic E-state index is -0.906. The number of carboxylic acids is 1. The van der Waals surface area contributed by atoms with Crippen molar-refractivity contribution in [3.63, 3.8) is 0 Å². The van der Waals surface area contributed by atoms with Crippen LogP contribution in [0.15, 0.2) is 24.3 Å². The quantitative estimate of drug-likeness (QED) is 0.868. The van der Waals surface area contributed by atoms with Crippen LogP contribution in [0.2, 0.25) is 0 Å². The summed E-state index contributed by atoms with van der Waals surface area (Å²) in [5.41, 5.74) is 0.939. The third-order valence-corrected chi connectivity index (χ3v) is 3.07. The number of amides is 1. The number of hydrogen-bond acceptors (Lipinski definition) is 3. The van der Waals surface area contributed by atoms with Gasteiger partial charge in [0.25, 0.3) is 0 Å². The maximum atomic E-state index is 11.7. The molecule has 1 aromatic rings. The Bertz CT molecular complexity index is 472. The van der Waals surface area contributed by atoms with Gasteiger partial charge in [0, 0.05) is 19.5 Å². The Morgan fingerprint density at radius 3 is 2.94 bits per heavy atom. The van der Waals surface area contributed by atoms with Crippen LogP contribution in [0.3, 0.4) is 0 Å². The van der Waals surface area contributed by atoms with Gasteiger partial charge in [-0.25, -0.2) is 0 Å². The summed E-state index contributed by atoms with van der Waals surface area (Å²) in [5.74, 6) is -0.862. The van der Waals surface area contributed by atoms with E-state index in [0.717, 1.165) is 11.3 Å². The topological polar surface area (TPSA) is 66.8 Å². The lowest BCUT2D eigenvalue weighted by Crippen LogP contribution is -2.25. The van der Waals surface area contributed by atoms with E-state index < -0.39 is 11.9 Å². The molecule has 1 heterocycles. The van der Waals surface area contributed by atoms with E-state index in [9.17, 15) is 9.59 Å². The molecular formula is C13H15NO4. The number of likely N-dealkylation sites (tertiary alicyclic amines) is 1. The summed E-state index contributed by atoms with van der Waals surface area (Å²) < 4.78 is 5.11. The summed E-state index contributed by atoms with van der Waals surface area (Å²) in [7, 11) is 1.58. The lowest BCUT2D eigenvalue weighted by molar-refractivity contribution is -0.141. The van der Waals surface area contributed by atoms with Crippen molar-refractivity contribution < 1.29 is 19.4 Å². The van der Waals surface area contributed by atoms with Gasteiger partial charge in [0.2, 0.25) is 5.91 Å². The molecule has 1 amide bonds. The van der Waals surface area contributed by atoms with Gasteiger partial charge in [0.15, 0.2) is 0 Å². The molecule has 1 aliphatic heterocycles. The van der Waals surface area contributed by atoms with Gasteiger partial charge in [-0.1, -0.05) is 12.1 Å². The second-order valence-electron chi connectivity index (χ2n) is 4.37. The van der Waals surface area contributed by atoms with Crippen LogP contribution in [0.4, 0.5) is 0 Å². The number of nitrogens with zero attached hydrogens (tertiary/aromatic N) is 1. The number of ether oxygens (including phenoxy) is 1. The molecule has 18 heavy (non-hydrogen) atoms. The Kier molecular flexibility index (Phi) is 3.50. The maximum Gasteiger partial charge on any atom is 0.308 e. The van der Waals surface area contributed by atoms with Crippen molar-refractivity contribution in [2.24, 2.45) is 5.92 Å². The van der Waals surface area contributed by atoms with E-state index in [1.54, 1.807) is 12.0 Å². The first-order valence-corrected chi connectivity index (χ1v) is 5.73. The Labute approximate surface area is 105 Å². The number of rotatable bonds is 4. The molecule has 0 aliphatic carbocycles. The normalized spacial score (nSPS) is 19.1. The van der Waals surface area contributed by atoms with E-state index in [1.165, 1.54) is 0 Å². The molecule has 1 N–H and O–H groups in total. The number of methoxy groups -OCH3 is 1. The van der Waals surface area contributed by atoms with Crippen LogP contribution in [0.1, 0.15) is 12.0 Å². The fourth-order valence-corrected chi connectivity index (χ4v) is 2.08. The Morgan fingerprint density at radius 2 is 2.33 bits per heavy atom. The Hall–Kier alpha value is -2.04. The molecule has 5 heteroatoms. The third kappa shape index (κ3) is 2.61. The van der Waals surface area contributed by atoms with Gasteiger partial charge in [-0.05, 0) is 17.7 Å². The molecule has 2 rings (SSSR count). The summed E-state index contributed by atoms with van der Waals surface area (Å²) in [6, 6.07) is 7.42. The van der Waals surface area contributed by atoms with Crippen LogP contribution in [-0.2, 0) is 16.1 Å². The van der Waals surface area contributed by atoms with Crippen molar-refractivity contribution in [2.75, 3.05) is 13.7 Å². The molecule has 0 saturated carbocycles. The van der Waals surface area contributed by atoms with Crippen LogP contribution in [0.5, 0.6) is 5.75 Å². The van der Waals surface area contributed by atoms with Crippen molar-refractivity contribution in [1.82, 2.24) is 4.90 Å². The number of carbonyl (C=O) groups is 2. The number of hydrogen-bond donors (Lipinski definition) is 1. The van der Waals surface area contributed by atoms with E-state index in [2.05, 4.69) is 0 Å². The summed E-state index contributed by atoms with van der Waals surface area (Å²) in [6.07, 6.45) is 0.0965. The van der Waals surface area contributed by atoms with E-state index in [0.29, 0.717) is 6.54 Å². The number of benzene rings is 1. The molecule has 1 aliphatic rings. The lowest BCUT2D eigenvalue weighted by Gasteiger charge is -2.16. The molecular weight excluding hydrogens is 234 g/mol. The SMILES string of the molecule is COc1cccc(CN2CC(C(=O)O)CC2=O)c1. The fraction of sp³-hybridized carbons (Fsp3) is 0.385. The molecule has 1 saturated heterocycles. The van der Waals surface area contributed by atoms with Crippen molar-refractivity contribution in [1.29, 1.82) is 0 Å². The molecule has 0 aromatic heterocycles. The van der Waals surface area contributed by atoms with E-state index in [4.69, 9.17) is 9.84 Å². The van der Waals surface area contributed by atoms with Gasteiger partial charge >= 0.3 is 5.97 Å². The molecule has 0 radical (unpaired) electrons. The van der Waals surface area contributed by atoms with Crippen LogP contribution in [0.25, 0.3) is 0 Å². The Morgan fingerprint density at radius 1 is 1.56 bits per heavy atom. The summed E-state index contributed by atoms with van der Waals surface area (Å²) >= 11 is 0. The van der Waals surface area contributed by atoms with Crippen molar-refractivity contribution >= 4 is 11.9 Å².